The summed E-state index contributed by atoms with van der Waals surface area (Å²) in [6.45, 7) is 7.70. The second-order valence-electron chi connectivity index (χ2n) is 9.48. The maximum absolute atomic E-state index is 13.3. The van der Waals surface area contributed by atoms with Crippen LogP contribution < -0.4 is 19.6 Å². The molecule has 0 radical (unpaired) electrons. The summed E-state index contributed by atoms with van der Waals surface area (Å²) in [6.07, 6.45) is 2.27. The number of rotatable bonds is 5. The molecule has 0 fully saturated rings. The van der Waals surface area contributed by atoms with Crippen LogP contribution in [0.1, 0.15) is 38.8 Å². The normalized spacial score (nSPS) is 16.4. The molecule has 35 heavy (non-hydrogen) atoms. The lowest BCUT2D eigenvalue weighted by atomic mass is 9.87. The van der Waals surface area contributed by atoms with Crippen molar-refractivity contribution in [3.8, 4) is 40.1 Å². The SMILES string of the molecule is COc1c(O)cc2oc(-c3cc(CC=C(C)C)c4c(c3)CC(O)C(C)(C)O4)c(OC)c(=O)c2c1O. The topological polar surface area (TPSA) is 119 Å². The molecular formula is C27H30O8. The van der Waals surface area contributed by atoms with E-state index in [1.165, 1.54) is 20.3 Å². The third-order valence-corrected chi connectivity index (χ3v) is 6.27. The molecule has 1 atom stereocenters. The number of aromatic hydroxyl groups is 2. The number of hydrogen-bond acceptors (Lipinski definition) is 8. The Bertz CT molecular complexity index is 1390. The summed E-state index contributed by atoms with van der Waals surface area (Å²) >= 11 is 0. The van der Waals surface area contributed by atoms with Crippen molar-refractivity contribution in [1.82, 2.24) is 0 Å². The van der Waals surface area contributed by atoms with E-state index in [2.05, 4.69) is 6.08 Å². The van der Waals surface area contributed by atoms with Gasteiger partial charge in [0.1, 0.15) is 22.3 Å². The molecule has 3 aromatic rings. The number of benzene rings is 2. The molecular weight excluding hydrogens is 452 g/mol. The fourth-order valence-corrected chi connectivity index (χ4v) is 4.28. The molecule has 1 unspecified atom stereocenters. The van der Waals surface area contributed by atoms with Crippen LogP contribution >= 0.6 is 0 Å². The number of aliphatic hydroxyl groups excluding tert-OH is 1. The van der Waals surface area contributed by atoms with Gasteiger partial charge >= 0.3 is 0 Å². The van der Waals surface area contributed by atoms with E-state index in [1.54, 1.807) is 6.07 Å². The molecule has 1 aromatic heterocycles. The number of phenols is 2. The van der Waals surface area contributed by atoms with E-state index in [0.717, 1.165) is 16.7 Å². The highest BCUT2D eigenvalue weighted by molar-refractivity contribution is 5.91. The average molecular weight is 483 g/mol. The van der Waals surface area contributed by atoms with Gasteiger partial charge in [-0.25, -0.2) is 0 Å². The number of fused-ring (bicyclic) bond motifs is 2. The van der Waals surface area contributed by atoms with Gasteiger partial charge in [-0.2, -0.15) is 0 Å². The van der Waals surface area contributed by atoms with Crippen molar-refractivity contribution in [1.29, 1.82) is 0 Å². The Labute approximate surface area is 203 Å². The van der Waals surface area contributed by atoms with Gasteiger partial charge in [0.15, 0.2) is 17.3 Å². The second-order valence-corrected chi connectivity index (χ2v) is 9.48. The van der Waals surface area contributed by atoms with Crippen molar-refractivity contribution in [2.75, 3.05) is 14.2 Å². The van der Waals surface area contributed by atoms with Gasteiger partial charge in [-0.15, -0.1) is 0 Å². The molecule has 0 saturated heterocycles. The zero-order chi connectivity index (χ0) is 25.7. The van der Waals surface area contributed by atoms with Crippen LogP contribution in [0.3, 0.4) is 0 Å². The third kappa shape index (κ3) is 4.18. The van der Waals surface area contributed by atoms with E-state index in [-0.39, 0.29) is 34.0 Å². The Kier molecular flexibility index (Phi) is 6.19. The summed E-state index contributed by atoms with van der Waals surface area (Å²) < 4.78 is 22.7. The van der Waals surface area contributed by atoms with E-state index >= 15 is 0 Å². The summed E-state index contributed by atoms with van der Waals surface area (Å²) in [5.41, 5.74) is 1.93. The monoisotopic (exact) mass is 482 g/mol. The Balaban J connectivity index is 2.01. The number of hydrogen-bond donors (Lipinski definition) is 3. The van der Waals surface area contributed by atoms with E-state index in [9.17, 15) is 20.1 Å². The molecule has 8 heteroatoms. The second kappa shape index (κ2) is 8.85. The Morgan fingerprint density at radius 2 is 1.83 bits per heavy atom. The van der Waals surface area contributed by atoms with Crippen LogP contribution in [0, 0.1) is 0 Å². The van der Waals surface area contributed by atoms with Crippen molar-refractivity contribution in [3.05, 3.63) is 51.2 Å². The minimum atomic E-state index is -0.754. The van der Waals surface area contributed by atoms with Gasteiger partial charge in [0.25, 0.3) is 0 Å². The van der Waals surface area contributed by atoms with Gasteiger partial charge in [-0.05, 0) is 57.4 Å². The lowest BCUT2D eigenvalue weighted by molar-refractivity contribution is -0.0416. The summed E-state index contributed by atoms with van der Waals surface area (Å²) in [6, 6.07) is 4.88. The predicted octanol–water partition coefficient (Wildman–Crippen LogP) is 4.47. The van der Waals surface area contributed by atoms with Crippen LogP contribution in [0.5, 0.6) is 28.7 Å². The molecule has 2 heterocycles. The molecule has 3 N–H and O–H groups in total. The van der Waals surface area contributed by atoms with Crippen LogP contribution in [0.4, 0.5) is 0 Å². The van der Waals surface area contributed by atoms with E-state index in [4.69, 9.17) is 18.6 Å². The van der Waals surface area contributed by atoms with E-state index < -0.39 is 22.9 Å². The molecule has 0 bridgehead atoms. The summed E-state index contributed by atoms with van der Waals surface area (Å²) in [4.78, 5) is 13.3. The maximum atomic E-state index is 13.3. The van der Waals surface area contributed by atoms with Crippen LogP contribution in [0.15, 0.2) is 39.1 Å². The zero-order valence-corrected chi connectivity index (χ0v) is 20.7. The molecule has 0 spiro atoms. The fraction of sp³-hybridized carbons (Fsp3) is 0.370. The number of methoxy groups -OCH3 is 2. The zero-order valence-electron chi connectivity index (χ0n) is 20.7. The fourth-order valence-electron chi connectivity index (χ4n) is 4.28. The maximum Gasteiger partial charge on any atom is 0.239 e. The average Bonchev–Trinajstić information content (AvgIpc) is 2.77. The predicted molar refractivity (Wildman–Crippen MR) is 132 cm³/mol. The molecule has 1 aliphatic rings. The largest absolute Gasteiger partial charge is 0.504 e. The van der Waals surface area contributed by atoms with Crippen molar-refractivity contribution >= 4 is 11.0 Å². The standard InChI is InChI=1S/C27H30O8/c1-13(2)7-8-14-9-15(10-16-11-19(29)27(3,4)35-23(14)16)24-26(33-6)22(31)20-18(34-24)12-17(28)25(32-5)21(20)30/h7,9-10,12,19,28-30H,8,11H2,1-6H3. The van der Waals surface area contributed by atoms with Crippen molar-refractivity contribution < 1.29 is 33.9 Å². The smallest absolute Gasteiger partial charge is 0.239 e. The molecule has 4 rings (SSSR count). The molecule has 186 valence electrons. The summed E-state index contributed by atoms with van der Waals surface area (Å²) in [5, 5.41) is 31.3. The van der Waals surface area contributed by atoms with E-state index in [1.807, 2.05) is 33.8 Å². The first kappa shape index (κ1) is 24.5. The molecule has 1 aliphatic heterocycles. The Hall–Kier alpha value is -3.65. The van der Waals surface area contributed by atoms with Crippen LogP contribution in [0.2, 0.25) is 0 Å². The quantitative estimate of drug-likeness (QED) is 0.456. The lowest BCUT2D eigenvalue weighted by Gasteiger charge is -2.38. The van der Waals surface area contributed by atoms with E-state index in [0.29, 0.717) is 24.2 Å². The lowest BCUT2D eigenvalue weighted by Crippen LogP contribution is -2.46. The highest BCUT2D eigenvalue weighted by Crippen LogP contribution is 2.45. The van der Waals surface area contributed by atoms with Crippen molar-refractivity contribution in [3.63, 3.8) is 0 Å². The molecule has 8 nitrogen and oxygen atoms in total. The minimum absolute atomic E-state index is 0.0254. The molecule has 2 aromatic carbocycles. The van der Waals surface area contributed by atoms with Gasteiger partial charge in [0.05, 0.1) is 20.3 Å². The minimum Gasteiger partial charge on any atom is -0.504 e. The molecule has 0 aliphatic carbocycles. The first-order chi connectivity index (χ1) is 16.5. The van der Waals surface area contributed by atoms with Crippen molar-refractivity contribution in [2.45, 2.75) is 52.2 Å². The number of phenolic OH excluding ortho intramolecular Hbond substituents is 2. The van der Waals surface area contributed by atoms with Gasteiger partial charge in [-0.1, -0.05) is 11.6 Å². The van der Waals surface area contributed by atoms with Crippen LogP contribution in [-0.2, 0) is 12.8 Å². The summed E-state index contributed by atoms with van der Waals surface area (Å²) in [7, 11) is 2.61. The Morgan fingerprint density at radius 1 is 1.14 bits per heavy atom. The van der Waals surface area contributed by atoms with Gasteiger partial charge in [0.2, 0.25) is 16.9 Å². The van der Waals surface area contributed by atoms with Crippen LogP contribution in [-0.4, -0.2) is 41.2 Å². The highest BCUT2D eigenvalue weighted by Gasteiger charge is 2.37. The highest BCUT2D eigenvalue weighted by atomic mass is 16.5. The van der Waals surface area contributed by atoms with Gasteiger partial charge in [0, 0.05) is 18.1 Å². The number of aliphatic hydroxyl groups is 1. The number of allylic oxidation sites excluding steroid dienone is 2. The van der Waals surface area contributed by atoms with Crippen molar-refractivity contribution in [2.24, 2.45) is 0 Å². The molecule has 0 saturated carbocycles. The van der Waals surface area contributed by atoms with Gasteiger partial charge < -0.3 is 33.9 Å². The van der Waals surface area contributed by atoms with Crippen LogP contribution in [0.25, 0.3) is 22.3 Å². The third-order valence-electron chi connectivity index (χ3n) is 6.27. The first-order valence-electron chi connectivity index (χ1n) is 11.3. The first-order valence-corrected chi connectivity index (χ1v) is 11.3. The Morgan fingerprint density at radius 3 is 2.46 bits per heavy atom. The van der Waals surface area contributed by atoms with Gasteiger partial charge in [-0.3, -0.25) is 4.79 Å². The summed E-state index contributed by atoms with van der Waals surface area (Å²) in [5.74, 6) is -0.407. The number of ether oxygens (including phenoxy) is 3. The molecule has 0 amide bonds.